The molecule has 0 aliphatic rings. The number of nitrogens with two attached hydrogens (primary N) is 1. The molecule has 1 heterocycles. The van der Waals surface area contributed by atoms with E-state index in [-0.39, 0.29) is 16.9 Å². The molecule has 84 valence electrons. The summed E-state index contributed by atoms with van der Waals surface area (Å²) in [6, 6.07) is 2.67. The number of hydrogen-bond acceptors (Lipinski definition) is 2. The smallest absolute Gasteiger partial charge is 0.137 e. The van der Waals surface area contributed by atoms with Crippen LogP contribution in [0.25, 0.3) is 11.1 Å². The minimum Gasteiger partial charge on any atom is -0.384 e. The van der Waals surface area contributed by atoms with E-state index >= 15 is 0 Å². The van der Waals surface area contributed by atoms with Gasteiger partial charge in [0.2, 0.25) is 0 Å². The molecule has 1 aromatic heterocycles. The summed E-state index contributed by atoms with van der Waals surface area (Å²) in [5, 5.41) is 6.11. The predicted molar refractivity (Wildman–Crippen MR) is 57.7 cm³/mol. The van der Waals surface area contributed by atoms with E-state index in [0.717, 1.165) is 0 Å². The molecule has 0 bridgehead atoms. The van der Waals surface area contributed by atoms with Crippen molar-refractivity contribution in [2.75, 3.05) is 5.73 Å². The number of benzene rings is 1. The van der Waals surface area contributed by atoms with Gasteiger partial charge in [-0.3, -0.25) is 5.10 Å². The Morgan fingerprint density at radius 3 is 2.69 bits per heavy atom. The summed E-state index contributed by atoms with van der Waals surface area (Å²) >= 11 is 0. The van der Waals surface area contributed by atoms with Gasteiger partial charge in [0.15, 0.2) is 0 Å². The van der Waals surface area contributed by atoms with E-state index in [0.29, 0.717) is 12.0 Å². The van der Waals surface area contributed by atoms with Crippen molar-refractivity contribution in [3.63, 3.8) is 0 Å². The average Bonchev–Trinajstić information content (AvgIpc) is 2.66. The van der Waals surface area contributed by atoms with Gasteiger partial charge in [0.25, 0.3) is 0 Å². The molecule has 3 N–H and O–H groups in total. The minimum atomic E-state index is -0.636. The second-order valence-corrected chi connectivity index (χ2v) is 3.45. The van der Waals surface area contributed by atoms with Crippen LogP contribution in [0.3, 0.4) is 0 Å². The second kappa shape index (κ2) is 3.92. The number of halogens is 2. The molecule has 5 heteroatoms. The molecule has 0 saturated carbocycles. The summed E-state index contributed by atoms with van der Waals surface area (Å²) in [4.78, 5) is 0. The largest absolute Gasteiger partial charge is 0.384 e. The minimum absolute atomic E-state index is 0.120. The second-order valence-electron chi connectivity index (χ2n) is 3.45. The molecule has 2 aromatic rings. The molecule has 0 radical (unpaired) electrons. The third-order valence-corrected chi connectivity index (χ3v) is 2.49. The maximum atomic E-state index is 13.9. The third-order valence-electron chi connectivity index (χ3n) is 2.49. The zero-order valence-electron chi connectivity index (χ0n) is 8.72. The Morgan fingerprint density at radius 2 is 2.12 bits per heavy atom. The van der Waals surface area contributed by atoms with Gasteiger partial charge in [0, 0.05) is 5.56 Å². The van der Waals surface area contributed by atoms with Crippen LogP contribution in [-0.2, 0) is 6.42 Å². The van der Waals surface area contributed by atoms with Crippen LogP contribution in [-0.4, -0.2) is 10.2 Å². The van der Waals surface area contributed by atoms with Crippen LogP contribution in [0.5, 0.6) is 0 Å². The van der Waals surface area contributed by atoms with Crippen LogP contribution in [0.4, 0.5) is 14.6 Å². The van der Waals surface area contributed by atoms with Crippen molar-refractivity contribution in [2.24, 2.45) is 0 Å². The van der Waals surface area contributed by atoms with E-state index in [1.54, 1.807) is 6.92 Å². The standard InChI is InChI=1S/C11H11F2N3/c1-2-6-3-4-8(12)9(10(6)13)7-5-15-16-11(7)14/h3-5H,2H2,1H3,(H3,14,15,16). The average molecular weight is 223 g/mol. The zero-order chi connectivity index (χ0) is 11.7. The molecule has 0 aliphatic carbocycles. The number of rotatable bonds is 2. The van der Waals surface area contributed by atoms with Crippen molar-refractivity contribution in [1.29, 1.82) is 0 Å². The fourth-order valence-electron chi connectivity index (χ4n) is 1.61. The van der Waals surface area contributed by atoms with Gasteiger partial charge in [-0.25, -0.2) is 8.78 Å². The lowest BCUT2D eigenvalue weighted by molar-refractivity contribution is 0.580. The van der Waals surface area contributed by atoms with Gasteiger partial charge < -0.3 is 5.73 Å². The Morgan fingerprint density at radius 1 is 1.38 bits per heavy atom. The van der Waals surface area contributed by atoms with Gasteiger partial charge in [-0.2, -0.15) is 5.10 Å². The topological polar surface area (TPSA) is 54.7 Å². The van der Waals surface area contributed by atoms with Crippen LogP contribution in [0.2, 0.25) is 0 Å². The lowest BCUT2D eigenvalue weighted by Gasteiger charge is -2.07. The Kier molecular flexibility index (Phi) is 2.60. The molecule has 0 atom stereocenters. The highest BCUT2D eigenvalue weighted by Gasteiger charge is 2.17. The lowest BCUT2D eigenvalue weighted by atomic mass is 10.0. The van der Waals surface area contributed by atoms with E-state index in [4.69, 9.17) is 5.73 Å². The maximum absolute atomic E-state index is 13.9. The molecule has 2 rings (SSSR count). The predicted octanol–water partition coefficient (Wildman–Crippen LogP) is 2.50. The SMILES string of the molecule is CCc1ccc(F)c(-c2cn[nH]c2N)c1F. The molecule has 0 aliphatic heterocycles. The summed E-state index contributed by atoms with van der Waals surface area (Å²) in [5.74, 6) is -1.05. The number of nitrogens with one attached hydrogen (secondary N) is 1. The van der Waals surface area contributed by atoms with E-state index < -0.39 is 11.6 Å². The van der Waals surface area contributed by atoms with E-state index in [2.05, 4.69) is 10.2 Å². The number of H-pyrrole nitrogens is 1. The number of nitrogen functional groups attached to an aromatic ring is 1. The first-order chi connectivity index (χ1) is 7.65. The van der Waals surface area contributed by atoms with E-state index in [9.17, 15) is 8.78 Å². The molecule has 0 unspecified atom stereocenters. The van der Waals surface area contributed by atoms with Crippen LogP contribution >= 0.6 is 0 Å². The highest BCUT2D eigenvalue weighted by molar-refractivity contribution is 5.74. The van der Waals surface area contributed by atoms with Crippen LogP contribution in [0, 0.1) is 11.6 Å². The Labute approximate surface area is 91.3 Å². The fourth-order valence-corrected chi connectivity index (χ4v) is 1.61. The Balaban J connectivity index is 2.69. The molecule has 16 heavy (non-hydrogen) atoms. The first kappa shape index (κ1) is 10.6. The van der Waals surface area contributed by atoms with E-state index in [1.807, 2.05) is 0 Å². The van der Waals surface area contributed by atoms with Crippen LogP contribution < -0.4 is 5.73 Å². The van der Waals surface area contributed by atoms with E-state index in [1.165, 1.54) is 18.3 Å². The lowest BCUT2D eigenvalue weighted by Crippen LogP contribution is -1.97. The number of aromatic nitrogens is 2. The van der Waals surface area contributed by atoms with Crippen molar-refractivity contribution < 1.29 is 8.78 Å². The van der Waals surface area contributed by atoms with Crippen molar-refractivity contribution >= 4 is 5.82 Å². The van der Waals surface area contributed by atoms with Gasteiger partial charge in [0.1, 0.15) is 17.5 Å². The van der Waals surface area contributed by atoms with Crippen LogP contribution in [0.1, 0.15) is 12.5 Å². The summed E-state index contributed by atoms with van der Waals surface area (Å²) < 4.78 is 27.5. The molecule has 0 saturated heterocycles. The number of nitrogens with zero attached hydrogens (tertiary/aromatic N) is 1. The van der Waals surface area contributed by atoms with Crippen molar-refractivity contribution in [3.05, 3.63) is 35.5 Å². The highest BCUT2D eigenvalue weighted by Crippen LogP contribution is 2.30. The molecular weight excluding hydrogens is 212 g/mol. The maximum Gasteiger partial charge on any atom is 0.137 e. The van der Waals surface area contributed by atoms with Gasteiger partial charge >= 0.3 is 0 Å². The van der Waals surface area contributed by atoms with Gasteiger partial charge in [-0.05, 0) is 18.1 Å². The van der Waals surface area contributed by atoms with Crippen molar-refractivity contribution in [2.45, 2.75) is 13.3 Å². The van der Waals surface area contributed by atoms with Gasteiger partial charge in [0.05, 0.1) is 11.8 Å². The zero-order valence-corrected chi connectivity index (χ0v) is 8.72. The number of hydrogen-bond donors (Lipinski definition) is 2. The van der Waals surface area contributed by atoms with Crippen LogP contribution in [0.15, 0.2) is 18.3 Å². The Bertz CT molecular complexity index is 520. The molecule has 0 fully saturated rings. The summed E-state index contributed by atoms with van der Waals surface area (Å²) in [5.41, 5.74) is 6.14. The van der Waals surface area contributed by atoms with Crippen molar-refractivity contribution in [1.82, 2.24) is 10.2 Å². The Hall–Kier alpha value is -1.91. The fraction of sp³-hybridized carbons (Fsp3) is 0.182. The molecule has 1 aromatic carbocycles. The normalized spacial score (nSPS) is 10.7. The summed E-state index contributed by atoms with van der Waals surface area (Å²) in [6.45, 7) is 1.80. The molecule has 0 spiro atoms. The number of aryl methyl sites for hydroxylation is 1. The van der Waals surface area contributed by atoms with Gasteiger partial charge in [-0.15, -0.1) is 0 Å². The summed E-state index contributed by atoms with van der Waals surface area (Å²) in [7, 11) is 0. The van der Waals surface area contributed by atoms with Gasteiger partial charge in [-0.1, -0.05) is 13.0 Å². The molecule has 3 nitrogen and oxygen atoms in total. The monoisotopic (exact) mass is 223 g/mol. The number of aromatic amines is 1. The van der Waals surface area contributed by atoms with Crippen molar-refractivity contribution in [3.8, 4) is 11.1 Å². The number of anilines is 1. The highest BCUT2D eigenvalue weighted by atomic mass is 19.1. The first-order valence-electron chi connectivity index (χ1n) is 4.91. The molecule has 0 amide bonds. The summed E-state index contributed by atoms with van der Waals surface area (Å²) in [6.07, 6.45) is 1.81. The third kappa shape index (κ3) is 1.54. The first-order valence-corrected chi connectivity index (χ1v) is 4.91. The quantitative estimate of drug-likeness (QED) is 0.821. The molecular formula is C11H11F2N3.